The fraction of sp³-hybridized carbons (Fsp3) is 0.231. The van der Waals surface area contributed by atoms with Gasteiger partial charge >= 0.3 is 0 Å². The Hall–Kier alpha value is -1.75. The van der Waals surface area contributed by atoms with Crippen molar-refractivity contribution in [2.75, 3.05) is 6.54 Å². The van der Waals surface area contributed by atoms with Crippen molar-refractivity contribution in [3.8, 4) is 0 Å². The van der Waals surface area contributed by atoms with Gasteiger partial charge < -0.3 is 9.73 Å². The van der Waals surface area contributed by atoms with Crippen molar-refractivity contribution in [3.63, 3.8) is 0 Å². The van der Waals surface area contributed by atoms with E-state index in [0.717, 1.165) is 0 Å². The van der Waals surface area contributed by atoms with Crippen LogP contribution >= 0.6 is 0 Å². The van der Waals surface area contributed by atoms with Gasteiger partial charge in [-0.3, -0.25) is 0 Å². The lowest BCUT2D eigenvalue weighted by Crippen LogP contribution is -2.23. The van der Waals surface area contributed by atoms with E-state index in [1.165, 1.54) is 6.26 Å². The van der Waals surface area contributed by atoms with E-state index in [9.17, 15) is 13.2 Å². The minimum atomic E-state index is -0.941. The molecule has 0 aliphatic carbocycles. The summed E-state index contributed by atoms with van der Waals surface area (Å²) in [7, 11) is 0. The fourth-order valence-electron chi connectivity index (χ4n) is 1.83. The molecule has 0 saturated heterocycles. The van der Waals surface area contributed by atoms with Crippen LogP contribution < -0.4 is 5.32 Å². The Morgan fingerprint density at radius 2 is 1.89 bits per heavy atom. The Balaban J connectivity index is 2.49. The third-order valence-electron chi connectivity index (χ3n) is 2.57. The molecule has 0 amide bonds. The van der Waals surface area contributed by atoms with Gasteiger partial charge in [-0.2, -0.15) is 0 Å². The molecule has 1 heterocycles. The molecule has 0 radical (unpaired) electrons. The van der Waals surface area contributed by atoms with Gasteiger partial charge in [-0.25, -0.2) is 13.2 Å². The zero-order valence-corrected chi connectivity index (χ0v) is 9.71. The Morgan fingerprint density at radius 3 is 2.39 bits per heavy atom. The molecular weight excluding hydrogens is 243 g/mol. The fourth-order valence-corrected chi connectivity index (χ4v) is 1.83. The number of rotatable bonds is 4. The highest BCUT2D eigenvalue weighted by Gasteiger charge is 2.24. The van der Waals surface area contributed by atoms with Gasteiger partial charge in [0.2, 0.25) is 0 Å². The first-order valence-electron chi connectivity index (χ1n) is 5.54. The van der Waals surface area contributed by atoms with E-state index in [1.54, 1.807) is 19.1 Å². The van der Waals surface area contributed by atoms with E-state index >= 15 is 0 Å². The molecule has 0 saturated carbocycles. The average Bonchev–Trinajstić information content (AvgIpc) is 2.79. The van der Waals surface area contributed by atoms with Gasteiger partial charge in [0.05, 0.1) is 12.3 Å². The molecule has 0 aliphatic rings. The Bertz CT molecular complexity index is 502. The van der Waals surface area contributed by atoms with Crippen molar-refractivity contribution < 1.29 is 17.6 Å². The number of hydrogen-bond acceptors (Lipinski definition) is 2. The van der Waals surface area contributed by atoms with Crippen LogP contribution in [0.2, 0.25) is 0 Å². The number of furan rings is 1. The SMILES string of the molecule is CCNC(c1ccco1)c1c(F)cc(F)cc1F. The van der Waals surface area contributed by atoms with Gasteiger partial charge in [-0.05, 0) is 18.7 Å². The molecule has 1 atom stereocenters. The van der Waals surface area contributed by atoms with Crippen LogP contribution in [-0.4, -0.2) is 6.54 Å². The predicted octanol–water partition coefficient (Wildman–Crippen LogP) is 3.40. The molecule has 0 bridgehead atoms. The third kappa shape index (κ3) is 2.41. The van der Waals surface area contributed by atoms with Crippen molar-refractivity contribution in [1.82, 2.24) is 5.32 Å². The molecule has 0 spiro atoms. The first kappa shape index (κ1) is 12.7. The Labute approximate surface area is 102 Å². The van der Waals surface area contributed by atoms with Crippen molar-refractivity contribution in [2.24, 2.45) is 0 Å². The number of nitrogens with one attached hydrogen (secondary N) is 1. The maximum absolute atomic E-state index is 13.7. The molecule has 5 heteroatoms. The van der Waals surface area contributed by atoms with Crippen LogP contribution in [0.25, 0.3) is 0 Å². The van der Waals surface area contributed by atoms with Gasteiger partial charge in [0.25, 0.3) is 0 Å². The van der Waals surface area contributed by atoms with Crippen molar-refractivity contribution >= 4 is 0 Å². The van der Waals surface area contributed by atoms with Gasteiger partial charge in [0, 0.05) is 17.7 Å². The summed E-state index contributed by atoms with van der Waals surface area (Å²) < 4.78 is 45.5. The molecule has 1 unspecified atom stereocenters. The summed E-state index contributed by atoms with van der Waals surface area (Å²) in [6.07, 6.45) is 1.42. The van der Waals surface area contributed by atoms with Crippen LogP contribution in [-0.2, 0) is 0 Å². The maximum Gasteiger partial charge on any atom is 0.134 e. The molecule has 18 heavy (non-hydrogen) atoms. The molecule has 2 rings (SSSR count). The number of benzene rings is 1. The summed E-state index contributed by atoms with van der Waals surface area (Å²) >= 11 is 0. The predicted molar refractivity (Wildman–Crippen MR) is 60.5 cm³/mol. The second kappa shape index (κ2) is 5.27. The topological polar surface area (TPSA) is 25.2 Å². The minimum absolute atomic E-state index is 0.242. The molecule has 96 valence electrons. The molecule has 1 aromatic carbocycles. The molecule has 1 N–H and O–H groups in total. The minimum Gasteiger partial charge on any atom is -0.467 e. The summed E-state index contributed by atoms with van der Waals surface area (Å²) in [6, 6.07) is 3.77. The number of halogens is 3. The molecule has 0 fully saturated rings. The molecule has 1 aromatic heterocycles. The van der Waals surface area contributed by atoms with E-state index < -0.39 is 23.5 Å². The highest BCUT2D eigenvalue weighted by molar-refractivity contribution is 5.30. The molecule has 0 aliphatic heterocycles. The summed E-state index contributed by atoms with van der Waals surface area (Å²) in [5, 5.41) is 2.91. The van der Waals surface area contributed by atoms with Crippen LogP contribution in [0, 0.1) is 17.5 Å². The van der Waals surface area contributed by atoms with E-state index in [2.05, 4.69) is 5.32 Å². The van der Waals surface area contributed by atoms with Crippen molar-refractivity contribution in [2.45, 2.75) is 13.0 Å². The summed E-state index contributed by atoms with van der Waals surface area (Å²) in [6.45, 7) is 2.29. The largest absolute Gasteiger partial charge is 0.467 e. The van der Waals surface area contributed by atoms with Gasteiger partial charge in [-0.1, -0.05) is 6.92 Å². The zero-order chi connectivity index (χ0) is 13.1. The summed E-state index contributed by atoms with van der Waals surface area (Å²) in [5.41, 5.74) is -0.242. The Kier molecular flexibility index (Phi) is 3.72. The van der Waals surface area contributed by atoms with E-state index in [-0.39, 0.29) is 5.56 Å². The van der Waals surface area contributed by atoms with Gasteiger partial charge in [-0.15, -0.1) is 0 Å². The first-order chi connectivity index (χ1) is 8.63. The normalized spacial score (nSPS) is 12.7. The summed E-state index contributed by atoms with van der Waals surface area (Å²) in [4.78, 5) is 0. The van der Waals surface area contributed by atoms with Gasteiger partial charge in [0.1, 0.15) is 23.2 Å². The molecular formula is C13H12F3NO. The van der Waals surface area contributed by atoms with Gasteiger partial charge in [0.15, 0.2) is 0 Å². The quantitative estimate of drug-likeness (QED) is 0.905. The first-order valence-corrected chi connectivity index (χ1v) is 5.54. The zero-order valence-electron chi connectivity index (χ0n) is 9.71. The second-order valence-electron chi connectivity index (χ2n) is 3.79. The van der Waals surface area contributed by atoms with E-state index in [4.69, 9.17) is 4.42 Å². The highest BCUT2D eigenvalue weighted by Crippen LogP contribution is 2.27. The summed E-state index contributed by atoms with van der Waals surface area (Å²) in [5.74, 6) is -2.44. The van der Waals surface area contributed by atoms with E-state index in [1.807, 2.05) is 0 Å². The highest BCUT2D eigenvalue weighted by atomic mass is 19.1. The van der Waals surface area contributed by atoms with Crippen LogP contribution in [0.3, 0.4) is 0 Å². The number of hydrogen-bond donors (Lipinski definition) is 1. The second-order valence-corrected chi connectivity index (χ2v) is 3.79. The standard InChI is InChI=1S/C13H12F3NO/c1-2-17-13(11-4-3-5-18-11)12-9(15)6-8(14)7-10(12)16/h3-7,13,17H,2H2,1H3. The van der Waals surface area contributed by atoms with Crippen LogP contribution in [0.1, 0.15) is 24.3 Å². The molecule has 2 nitrogen and oxygen atoms in total. The van der Waals surface area contributed by atoms with Crippen LogP contribution in [0.15, 0.2) is 34.9 Å². The smallest absolute Gasteiger partial charge is 0.134 e. The van der Waals surface area contributed by atoms with Crippen LogP contribution in [0.5, 0.6) is 0 Å². The molecule has 2 aromatic rings. The third-order valence-corrected chi connectivity index (χ3v) is 2.57. The van der Waals surface area contributed by atoms with E-state index in [0.29, 0.717) is 24.4 Å². The lowest BCUT2D eigenvalue weighted by atomic mass is 10.0. The van der Waals surface area contributed by atoms with Crippen molar-refractivity contribution in [1.29, 1.82) is 0 Å². The lowest BCUT2D eigenvalue weighted by molar-refractivity contribution is 0.424. The average molecular weight is 255 g/mol. The van der Waals surface area contributed by atoms with Crippen molar-refractivity contribution in [3.05, 3.63) is 59.3 Å². The lowest BCUT2D eigenvalue weighted by Gasteiger charge is -2.17. The maximum atomic E-state index is 13.7. The monoisotopic (exact) mass is 255 g/mol. The Morgan fingerprint density at radius 1 is 1.22 bits per heavy atom. The van der Waals surface area contributed by atoms with Crippen LogP contribution in [0.4, 0.5) is 13.2 Å².